The monoisotopic (exact) mass is 218 g/mol. The maximum Gasteiger partial charge on any atom is 0.321 e. The van der Waals surface area contributed by atoms with Crippen LogP contribution in [0.15, 0.2) is 0 Å². The molecule has 0 aromatic heterocycles. The maximum absolute atomic E-state index is 11.2. The van der Waals surface area contributed by atoms with Gasteiger partial charge in [0.1, 0.15) is 6.61 Å². The number of carbonyl (C=O) groups excluding carboxylic acids is 1. The fraction of sp³-hybridized carbons (Fsp3) is 0.667. The lowest BCUT2D eigenvalue weighted by Crippen LogP contribution is -2.32. The van der Waals surface area contributed by atoms with Crippen molar-refractivity contribution < 1.29 is 29.3 Å². The minimum Gasteiger partial charge on any atom is -0.481 e. The number of carboxylic acids is 2. The topological polar surface area (TPSA) is 101 Å². The summed E-state index contributed by atoms with van der Waals surface area (Å²) in [4.78, 5) is 32.1. The van der Waals surface area contributed by atoms with Gasteiger partial charge in [-0.3, -0.25) is 14.4 Å². The van der Waals surface area contributed by atoms with Gasteiger partial charge in [0.05, 0.1) is 5.41 Å². The van der Waals surface area contributed by atoms with Crippen LogP contribution >= 0.6 is 0 Å². The van der Waals surface area contributed by atoms with Gasteiger partial charge >= 0.3 is 17.9 Å². The van der Waals surface area contributed by atoms with E-state index in [1.807, 2.05) is 0 Å². The fourth-order valence-corrected chi connectivity index (χ4v) is 0.624. The molecule has 6 nitrogen and oxygen atoms in total. The predicted octanol–water partition coefficient (Wildman–Crippen LogP) is 0.361. The van der Waals surface area contributed by atoms with E-state index in [2.05, 4.69) is 4.74 Å². The molecule has 6 heteroatoms. The summed E-state index contributed by atoms with van der Waals surface area (Å²) >= 11 is 0. The summed E-state index contributed by atoms with van der Waals surface area (Å²) < 4.78 is 4.59. The van der Waals surface area contributed by atoms with E-state index in [1.165, 1.54) is 0 Å². The first-order valence-electron chi connectivity index (χ1n) is 4.29. The first kappa shape index (κ1) is 13.4. The summed E-state index contributed by atoms with van der Waals surface area (Å²) in [6.45, 7) is 4.12. The van der Waals surface area contributed by atoms with Crippen molar-refractivity contribution in [3.05, 3.63) is 0 Å². The number of hydrogen-bond acceptors (Lipinski definition) is 4. The molecule has 0 bridgehead atoms. The molecular formula is C9H14O6. The van der Waals surface area contributed by atoms with E-state index in [0.29, 0.717) is 0 Å². The molecule has 0 aliphatic heterocycles. The number of ether oxygens (including phenoxy) is 1. The normalized spacial score (nSPS) is 11.2. The Labute approximate surface area is 86.8 Å². The van der Waals surface area contributed by atoms with Crippen LogP contribution in [0.4, 0.5) is 0 Å². The summed E-state index contributed by atoms with van der Waals surface area (Å²) in [6.07, 6.45) is 0. The molecule has 0 spiro atoms. The number of carboxylic acid groups (broad SMARTS) is 2. The Bertz CT molecular complexity index is 261. The van der Waals surface area contributed by atoms with Crippen LogP contribution in [0.3, 0.4) is 0 Å². The lowest BCUT2D eigenvalue weighted by Gasteiger charge is -2.17. The first-order valence-corrected chi connectivity index (χ1v) is 4.29. The number of carbonyl (C=O) groups is 3. The van der Waals surface area contributed by atoms with Gasteiger partial charge in [0.2, 0.25) is 0 Å². The average Bonchev–Trinajstić information content (AvgIpc) is 2.00. The molecule has 0 saturated carbocycles. The van der Waals surface area contributed by atoms with Crippen molar-refractivity contribution in [1.29, 1.82) is 0 Å². The fourth-order valence-electron chi connectivity index (χ4n) is 0.624. The minimum absolute atomic E-state index is 0.630. The Kier molecular flexibility index (Phi) is 4.26. The third-order valence-electron chi connectivity index (χ3n) is 1.59. The molecular weight excluding hydrogens is 204 g/mol. The molecule has 15 heavy (non-hydrogen) atoms. The van der Waals surface area contributed by atoms with Crippen LogP contribution < -0.4 is 0 Å². The third kappa shape index (κ3) is 4.44. The van der Waals surface area contributed by atoms with E-state index in [0.717, 1.165) is 0 Å². The van der Waals surface area contributed by atoms with Crippen LogP contribution in [0.2, 0.25) is 0 Å². The molecule has 0 radical (unpaired) electrons. The van der Waals surface area contributed by atoms with Crippen molar-refractivity contribution in [2.75, 3.05) is 6.61 Å². The van der Waals surface area contributed by atoms with Crippen LogP contribution in [-0.4, -0.2) is 34.7 Å². The van der Waals surface area contributed by atoms with Crippen molar-refractivity contribution >= 4 is 17.9 Å². The molecule has 0 aliphatic carbocycles. The second-order valence-electron chi connectivity index (χ2n) is 4.08. The average molecular weight is 218 g/mol. The first-order chi connectivity index (χ1) is 6.66. The Hall–Kier alpha value is -1.59. The smallest absolute Gasteiger partial charge is 0.321 e. The summed E-state index contributed by atoms with van der Waals surface area (Å²) in [7, 11) is 0. The van der Waals surface area contributed by atoms with Gasteiger partial charge in [-0.2, -0.15) is 0 Å². The zero-order valence-corrected chi connectivity index (χ0v) is 8.81. The van der Waals surface area contributed by atoms with Crippen LogP contribution in [0, 0.1) is 11.3 Å². The Morgan fingerprint density at radius 3 is 1.80 bits per heavy atom. The maximum atomic E-state index is 11.2. The number of hydrogen-bond donors (Lipinski definition) is 2. The molecule has 0 rings (SSSR count). The summed E-state index contributed by atoms with van der Waals surface area (Å²) in [6, 6.07) is 0. The van der Waals surface area contributed by atoms with Crippen molar-refractivity contribution in [2.45, 2.75) is 20.8 Å². The van der Waals surface area contributed by atoms with E-state index in [4.69, 9.17) is 10.2 Å². The lowest BCUT2D eigenvalue weighted by molar-refractivity contribution is -0.163. The summed E-state index contributed by atoms with van der Waals surface area (Å²) in [5.74, 6) is -5.39. The zero-order valence-electron chi connectivity index (χ0n) is 8.81. The van der Waals surface area contributed by atoms with Gasteiger partial charge in [0.25, 0.3) is 0 Å². The Morgan fingerprint density at radius 2 is 1.53 bits per heavy atom. The van der Waals surface area contributed by atoms with Gasteiger partial charge < -0.3 is 14.9 Å². The minimum atomic E-state index is -1.71. The van der Waals surface area contributed by atoms with Crippen LogP contribution in [-0.2, 0) is 19.1 Å². The molecule has 0 amide bonds. The lowest BCUT2D eigenvalue weighted by atomic mass is 9.97. The SMILES string of the molecule is CC(C)(C)C(=O)OCC(C(=O)O)C(=O)O. The molecule has 86 valence electrons. The van der Waals surface area contributed by atoms with Gasteiger partial charge in [-0.25, -0.2) is 0 Å². The zero-order chi connectivity index (χ0) is 12.2. The largest absolute Gasteiger partial charge is 0.481 e. The second kappa shape index (κ2) is 4.77. The molecule has 2 N–H and O–H groups in total. The van der Waals surface area contributed by atoms with Crippen LogP contribution in [0.25, 0.3) is 0 Å². The summed E-state index contributed by atoms with van der Waals surface area (Å²) in [5, 5.41) is 17.0. The highest BCUT2D eigenvalue weighted by Gasteiger charge is 2.30. The Morgan fingerprint density at radius 1 is 1.13 bits per heavy atom. The number of rotatable bonds is 4. The van der Waals surface area contributed by atoms with Gasteiger partial charge in [0.15, 0.2) is 5.92 Å². The summed E-state index contributed by atoms with van der Waals surface area (Å²) in [5.41, 5.74) is -0.776. The van der Waals surface area contributed by atoms with Crippen LogP contribution in [0.1, 0.15) is 20.8 Å². The molecule has 0 unspecified atom stereocenters. The van der Waals surface area contributed by atoms with Gasteiger partial charge in [0, 0.05) is 0 Å². The molecule has 0 atom stereocenters. The van der Waals surface area contributed by atoms with Gasteiger partial charge in [-0.05, 0) is 20.8 Å². The van der Waals surface area contributed by atoms with Gasteiger partial charge in [-0.15, -0.1) is 0 Å². The standard InChI is InChI=1S/C9H14O6/c1-9(2,3)8(14)15-4-5(6(10)11)7(12)13/h5H,4H2,1-3H3,(H,10,11)(H,12,13). The highest BCUT2D eigenvalue weighted by molar-refractivity contribution is 5.93. The molecule has 0 heterocycles. The quantitative estimate of drug-likeness (QED) is 0.522. The van der Waals surface area contributed by atoms with E-state index < -0.39 is 35.8 Å². The van der Waals surface area contributed by atoms with E-state index in [-0.39, 0.29) is 0 Å². The molecule has 0 saturated heterocycles. The van der Waals surface area contributed by atoms with Crippen molar-refractivity contribution in [2.24, 2.45) is 11.3 Å². The van der Waals surface area contributed by atoms with E-state index >= 15 is 0 Å². The van der Waals surface area contributed by atoms with E-state index in [9.17, 15) is 14.4 Å². The van der Waals surface area contributed by atoms with Crippen molar-refractivity contribution in [3.63, 3.8) is 0 Å². The number of esters is 1. The van der Waals surface area contributed by atoms with Crippen molar-refractivity contribution in [1.82, 2.24) is 0 Å². The molecule has 0 aromatic carbocycles. The van der Waals surface area contributed by atoms with Gasteiger partial charge in [-0.1, -0.05) is 0 Å². The number of aliphatic carboxylic acids is 2. The van der Waals surface area contributed by atoms with Crippen LogP contribution in [0.5, 0.6) is 0 Å². The van der Waals surface area contributed by atoms with E-state index in [1.54, 1.807) is 20.8 Å². The highest BCUT2D eigenvalue weighted by atomic mass is 16.5. The molecule has 0 aliphatic rings. The molecule has 0 aromatic rings. The Balaban J connectivity index is 4.31. The predicted molar refractivity (Wildman–Crippen MR) is 49.2 cm³/mol. The van der Waals surface area contributed by atoms with Crippen molar-refractivity contribution in [3.8, 4) is 0 Å². The second-order valence-corrected chi connectivity index (χ2v) is 4.08. The third-order valence-corrected chi connectivity index (χ3v) is 1.59. The highest BCUT2D eigenvalue weighted by Crippen LogP contribution is 2.15. The molecule has 0 fully saturated rings.